The molecule has 0 aliphatic carbocycles. The molecular weight excluding hydrogens is 359 g/mol. The lowest BCUT2D eigenvalue weighted by atomic mass is 10.1. The highest BCUT2D eigenvalue weighted by atomic mass is 19.1. The van der Waals surface area contributed by atoms with E-state index in [1.165, 1.54) is 12.1 Å². The first kappa shape index (κ1) is 19.5. The van der Waals surface area contributed by atoms with Gasteiger partial charge in [0, 0.05) is 30.2 Å². The van der Waals surface area contributed by atoms with Crippen LogP contribution < -0.4 is 20.5 Å². The number of H-pyrrole nitrogens is 1. The third-order valence-electron chi connectivity index (χ3n) is 4.56. The minimum atomic E-state index is -0.248. The first-order valence-corrected chi connectivity index (χ1v) is 9.11. The van der Waals surface area contributed by atoms with E-state index in [-0.39, 0.29) is 5.82 Å². The number of hydrogen-bond acceptors (Lipinski definition) is 3. The molecule has 3 rings (SSSR count). The van der Waals surface area contributed by atoms with Crippen molar-refractivity contribution in [1.82, 2.24) is 10.3 Å². The largest absolute Gasteiger partial charge is 0.493 e. The van der Waals surface area contributed by atoms with Gasteiger partial charge in [0.15, 0.2) is 17.5 Å². The smallest absolute Gasteiger partial charge is 0.188 e. The van der Waals surface area contributed by atoms with Crippen molar-refractivity contribution in [3.63, 3.8) is 0 Å². The van der Waals surface area contributed by atoms with Crippen LogP contribution >= 0.6 is 0 Å². The number of rotatable bonds is 8. The van der Waals surface area contributed by atoms with Gasteiger partial charge in [-0.15, -0.1) is 0 Å². The summed E-state index contributed by atoms with van der Waals surface area (Å²) in [6, 6.07) is 10.6. The Balaban J connectivity index is 1.48. The Morgan fingerprint density at radius 2 is 1.93 bits per heavy atom. The molecule has 0 amide bonds. The predicted molar refractivity (Wildman–Crippen MR) is 110 cm³/mol. The van der Waals surface area contributed by atoms with Crippen molar-refractivity contribution in [2.75, 3.05) is 27.3 Å². The summed E-state index contributed by atoms with van der Waals surface area (Å²) in [4.78, 5) is 7.45. The molecule has 1 heterocycles. The van der Waals surface area contributed by atoms with E-state index >= 15 is 0 Å². The second kappa shape index (κ2) is 9.12. The Morgan fingerprint density at radius 1 is 1.11 bits per heavy atom. The lowest BCUT2D eigenvalue weighted by Crippen LogP contribution is -2.33. The van der Waals surface area contributed by atoms with Crippen LogP contribution in [0.15, 0.2) is 47.6 Å². The van der Waals surface area contributed by atoms with Gasteiger partial charge in [0.25, 0.3) is 0 Å². The monoisotopic (exact) mass is 384 g/mol. The van der Waals surface area contributed by atoms with Crippen molar-refractivity contribution < 1.29 is 13.9 Å². The van der Waals surface area contributed by atoms with Crippen molar-refractivity contribution in [3.05, 3.63) is 59.5 Å². The average Bonchev–Trinajstić information content (AvgIpc) is 3.09. The summed E-state index contributed by atoms with van der Waals surface area (Å²) in [6.45, 7) is 1.22. The van der Waals surface area contributed by atoms with Crippen molar-refractivity contribution in [3.8, 4) is 11.5 Å². The van der Waals surface area contributed by atoms with Gasteiger partial charge >= 0.3 is 0 Å². The Bertz CT molecular complexity index is 968. The van der Waals surface area contributed by atoms with Gasteiger partial charge < -0.3 is 25.5 Å². The van der Waals surface area contributed by atoms with Crippen molar-refractivity contribution in [1.29, 1.82) is 0 Å². The number of aromatic nitrogens is 1. The molecule has 4 N–H and O–H groups in total. The lowest BCUT2D eigenvalue weighted by Gasteiger charge is -2.10. The topological polar surface area (TPSA) is 84.7 Å². The molecule has 3 aromatic rings. The Kier molecular flexibility index (Phi) is 6.37. The number of hydrogen-bond donors (Lipinski definition) is 3. The number of benzene rings is 2. The molecule has 0 atom stereocenters. The molecule has 6 nitrogen and oxygen atoms in total. The van der Waals surface area contributed by atoms with Crippen molar-refractivity contribution >= 4 is 16.9 Å². The fourth-order valence-corrected chi connectivity index (χ4v) is 3.09. The number of methoxy groups -OCH3 is 2. The molecule has 1 aromatic heterocycles. The van der Waals surface area contributed by atoms with Gasteiger partial charge in [0.1, 0.15) is 5.82 Å². The highest BCUT2D eigenvalue weighted by Crippen LogP contribution is 2.27. The molecule has 0 unspecified atom stereocenters. The molecule has 0 saturated heterocycles. The van der Waals surface area contributed by atoms with E-state index in [0.717, 1.165) is 34.9 Å². The summed E-state index contributed by atoms with van der Waals surface area (Å²) in [5.74, 6) is 1.58. The first-order valence-electron chi connectivity index (χ1n) is 9.11. The third kappa shape index (κ3) is 4.73. The van der Waals surface area contributed by atoms with Gasteiger partial charge in [-0.25, -0.2) is 4.39 Å². The molecule has 28 heavy (non-hydrogen) atoms. The maximum atomic E-state index is 13.2. The predicted octanol–water partition coefficient (Wildman–Crippen LogP) is 3.01. The molecule has 0 bridgehead atoms. The molecule has 0 aliphatic heterocycles. The SMILES string of the molecule is COc1ccc(CCNC(N)=NCCc2c[nH]c3cc(F)ccc23)cc1OC. The molecule has 2 aromatic carbocycles. The van der Waals surface area contributed by atoms with Crippen molar-refractivity contribution in [2.45, 2.75) is 12.8 Å². The fraction of sp³-hybridized carbons (Fsp3) is 0.286. The second-order valence-corrected chi connectivity index (χ2v) is 6.39. The molecule has 7 heteroatoms. The van der Waals surface area contributed by atoms with Crippen LogP contribution in [0.25, 0.3) is 10.9 Å². The van der Waals surface area contributed by atoms with Crippen molar-refractivity contribution in [2.24, 2.45) is 10.7 Å². The Hall–Kier alpha value is -3.22. The molecule has 0 spiro atoms. The standard InChI is InChI=1S/C21H25FN4O2/c1-27-19-6-3-14(11-20(19)28-2)7-9-24-21(23)25-10-8-15-13-26-18-12-16(22)4-5-17(15)18/h3-6,11-13,26H,7-10H2,1-2H3,(H3,23,24,25). The van der Waals surface area contributed by atoms with E-state index in [0.29, 0.717) is 30.5 Å². The highest BCUT2D eigenvalue weighted by Gasteiger charge is 2.06. The Morgan fingerprint density at radius 3 is 2.71 bits per heavy atom. The van der Waals surface area contributed by atoms with Crippen LogP contribution in [0.1, 0.15) is 11.1 Å². The van der Waals surface area contributed by atoms with Gasteiger partial charge in [0.2, 0.25) is 0 Å². The van der Waals surface area contributed by atoms with Gasteiger partial charge in [0.05, 0.1) is 14.2 Å². The highest BCUT2D eigenvalue weighted by molar-refractivity contribution is 5.83. The van der Waals surface area contributed by atoms with Crippen LogP contribution in [-0.2, 0) is 12.8 Å². The summed E-state index contributed by atoms with van der Waals surface area (Å²) in [6.07, 6.45) is 3.40. The summed E-state index contributed by atoms with van der Waals surface area (Å²) < 4.78 is 23.8. The van der Waals surface area contributed by atoms with Gasteiger partial charge in [-0.05, 0) is 54.3 Å². The van der Waals surface area contributed by atoms with Crippen LogP contribution in [0.2, 0.25) is 0 Å². The molecule has 0 saturated carbocycles. The van der Waals surface area contributed by atoms with Gasteiger partial charge in [-0.1, -0.05) is 6.07 Å². The van der Waals surface area contributed by atoms with E-state index in [9.17, 15) is 4.39 Å². The zero-order chi connectivity index (χ0) is 19.9. The minimum Gasteiger partial charge on any atom is -0.493 e. The summed E-state index contributed by atoms with van der Waals surface area (Å²) in [7, 11) is 3.24. The van der Waals surface area contributed by atoms with Crippen LogP contribution in [0.3, 0.4) is 0 Å². The second-order valence-electron chi connectivity index (χ2n) is 6.39. The number of nitrogens with one attached hydrogen (secondary N) is 2. The van der Waals surface area contributed by atoms with Crippen LogP contribution in [0, 0.1) is 5.82 Å². The number of nitrogens with zero attached hydrogens (tertiary/aromatic N) is 1. The van der Waals surface area contributed by atoms with E-state index < -0.39 is 0 Å². The van der Waals surface area contributed by atoms with E-state index in [1.807, 2.05) is 24.4 Å². The number of fused-ring (bicyclic) bond motifs is 1. The Labute approximate surface area is 163 Å². The number of guanidine groups is 1. The van der Waals surface area contributed by atoms with E-state index in [1.54, 1.807) is 20.3 Å². The summed E-state index contributed by atoms with van der Waals surface area (Å²) >= 11 is 0. The summed E-state index contributed by atoms with van der Waals surface area (Å²) in [5, 5.41) is 4.13. The van der Waals surface area contributed by atoms with Gasteiger partial charge in [-0.2, -0.15) is 0 Å². The average molecular weight is 384 g/mol. The zero-order valence-corrected chi connectivity index (χ0v) is 16.1. The number of ether oxygens (including phenoxy) is 2. The number of nitrogens with two attached hydrogens (primary N) is 1. The zero-order valence-electron chi connectivity index (χ0n) is 16.1. The number of aliphatic imine (C=N–C) groups is 1. The summed E-state index contributed by atoms with van der Waals surface area (Å²) in [5.41, 5.74) is 8.95. The third-order valence-corrected chi connectivity index (χ3v) is 4.56. The molecule has 0 radical (unpaired) electrons. The normalized spacial score (nSPS) is 11.6. The van der Waals surface area contributed by atoms with Crippen LogP contribution in [0.4, 0.5) is 4.39 Å². The molecular formula is C21H25FN4O2. The lowest BCUT2D eigenvalue weighted by molar-refractivity contribution is 0.354. The first-order chi connectivity index (χ1) is 13.6. The van der Waals surface area contributed by atoms with E-state index in [2.05, 4.69) is 15.3 Å². The quantitative estimate of drug-likeness (QED) is 0.412. The van der Waals surface area contributed by atoms with Gasteiger partial charge in [-0.3, -0.25) is 4.99 Å². The minimum absolute atomic E-state index is 0.248. The maximum absolute atomic E-state index is 13.2. The molecule has 0 fully saturated rings. The maximum Gasteiger partial charge on any atom is 0.188 e. The molecule has 0 aliphatic rings. The number of halogens is 1. The van der Waals surface area contributed by atoms with E-state index in [4.69, 9.17) is 15.2 Å². The number of aromatic amines is 1. The van der Waals surface area contributed by atoms with Crippen LogP contribution in [-0.4, -0.2) is 38.3 Å². The molecule has 148 valence electrons. The fourth-order valence-electron chi connectivity index (χ4n) is 3.09. The van der Waals surface area contributed by atoms with Crippen LogP contribution in [0.5, 0.6) is 11.5 Å².